The van der Waals surface area contributed by atoms with Crippen LogP contribution in [0.2, 0.25) is 0 Å². The lowest BCUT2D eigenvalue weighted by Crippen LogP contribution is -2.50. The zero-order chi connectivity index (χ0) is 31.2. The molecule has 2 heterocycles. The number of methoxy groups -OCH3 is 1. The van der Waals surface area contributed by atoms with E-state index in [1.807, 2.05) is 30.3 Å². The van der Waals surface area contributed by atoms with Crippen molar-refractivity contribution in [2.24, 2.45) is 5.92 Å². The summed E-state index contributed by atoms with van der Waals surface area (Å²) in [6, 6.07) is 18.4. The molecular weight excluding hydrogens is 566 g/mol. The van der Waals surface area contributed by atoms with E-state index in [0.29, 0.717) is 41.9 Å². The van der Waals surface area contributed by atoms with Crippen molar-refractivity contribution in [2.75, 3.05) is 20.2 Å². The second kappa shape index (κ2) is 13.7. The quantitative estimate of drug-likeness (QED) is 0.178. The van der Waals surface area contributed by atoms with Crippen molar-refractivity contribution in [3.63, 3.8) is 0 Å². The number of aromatic amines is 1. The van der Waals surface area contributed by atoms with Gasteiger partial charge in [-0.3, -0.25) is 14.5 Å². The van der Waals surface area contributed by atoms with Crippen LogP contribution in [0.15, 0.2) is 72.3 Å². The van der Waals surface area contributed by atoms with Gasteiger partial charge in [0, 0.05) is 18.5 Å². The fourth-order valence-electron chi connectivity index (χ4n) is 5.65. The molecule has 2 amide bonds. The third kappa shape index (κ3) is 6.42. The number of rotatable bonds is 12. The van der Waals surface area contributed by atoms with E-state index in [-0.39, 0.29) is 29.9 Å². The number of carbonyl (C=O) groups is 2. The molecule has 9 nitrogen and oxygen atoms in total. The van der Waals surface area contributed by atoms with Crippen LogP contribution in [-0.2, 0) is 22.4 Å². The van der Waals surface area contributed by atoms with Gasteiger partial charge in [0.15, 0.2) is 17.4 Å². The molecule has 1 aromatic heterocycles. The number of hydrogen-bond acceptors (Lipinski definition) is 7. The Bertz CT molecular complexity index is 1640. The molecule has 4 aromatic rings. The highest BCUT2D eigenvalue weighted by atomic mass is 19.1. The van der Waals surface area contributed by atoms with Gasteiger partial charge in [-0.15, -0.1) is 10.2 Å². The van der Waals surface area contributed by atoms with Crippen LogP contribution < -0.4 is 10.1 Å². The zero-order valence-corrected chi connectivity index (χ0v) is 24.8. The Morgan fingerprint density at radius 3 is 2.50 bits per heavy atom. The number of imide groups is 1. The third-order valence-corrected chi connectivity index (χ3v) is 8.08. The standard InChI is InChI=1S/C33H34F2N6O3/c1-20-10-7-14-26(34)24(20)18-25-21(2)30(23-13-8-15-28(44-3)31(23)35)33(43)41(32(25)42)19-27(22-11-5-4-6-12-22)36-17-9-16-29-37-39-40-38-29/h4-8,10-15,25,27,36H,9,16-19H2,1-3H3,(H,37,38,39,40). The van der Waals surface area contributed by atoms with Crippen molar-refractivity contribution in [1.82, 2.24) is 30.8 Å². The molecule has 228 valence electrons. The summed E-state index contributed by atoms with van der Waals surface area (Å²) in [7, 11) is 1.35. The Morgan fingerprint density at radius 1 is 1.02 bits per heavy atom. The van der Waals surface area contributed by atoms with Crippen LogP contribution in [0.3, 0.4) is 0 Å². The first-order valence-electron chi connectivity index (χ1n) is 14.4. The maximum absolute atomic E-state index is 15.7. The van der Waals surface area contributed by atoms with E-state index >= 15 is 8.78 Å². The Balaban J connectivity index is 1.52. The highest BCUT2D eigenvalue weighted by molar-refractivity contribution is 6.27. The van der Waals surface area contributed by atoms with Crippen LogP contribution >= 0.6 is 0 Å². The molecule has 0 spiro atoms. The number of halogens is 2. The zero-order valence-electron chi connectivity index (χ0n) is 24.8. The van der Waals surface area contributed by atoms with Gasteiger partial charge in [0.25, 0.3) is 5.91 Å². The van der Waals surface area contributed by atoms with Crippen molar-refractivity contribution in [2.45, 2.75) is 39.2 Å². The van der Waals surface area contributed by atoms with E-state index in [9.17, 15) is 9.59 Å². The van der Waals surface area contributed by atoms with E-state index < -0.39 is 35.4 Å². The first-order valence-corrected chi connectivity index (χ1v) is 14.4. The van der Waals surface area contributed by atoms with Crippen molar-refractivity contribution in [3.05, 3.63) is 112 Å². The molecule has 11 heteroatoms. The molecule has 0 bridgehead atoms. The number of hydrogen-bond donors (Lipinski definition) is 2. The largest absolute Gasteiger partial charge is 0.494 e. The van der Waals surface area contributed by atoms with Crippen LogP contribution in [-0.4, -0.2) is 57.5 Å². The number of carbonyl (C=O) groups excluding carboxylic acids is 2. The van der Waals surface area contributed by atoms with Crippen molar-refractivity contribution >= 4 is 17.4 Å². The molecule has 2 N–H and O–H groups in total. The van der Waals surface area contributed by atoms with Crippen LogP contribution in [0.1, 0.15) is 47.5 Å². The minimum atomic E-state index is -0.890. The second-order valence-electron chi connectivity index (χ2n) is 10.8. The van der Waals surface area contributed by atoms with Crippen LogP contribution in [0.4, 0.5) is 8.78 Å². The predicted octanol–water partition coefficient (Wildman–Crippen LogP) is 4.76. The lowest BCUT2D eigenvalue weighted by atomic mass is 9.81. The maximum atomic E-state index is 15.7. The Morgan fingerprint density at radius 2 is 1.80 bits per heavy atom. The molecule has 44 heavy (non-hydrogen) atoms. The second-order valence-corrected chi connectivity index (χ2v) is 10.8. The normalized spacial score (nSPS) is 16.0. The topological polar surface area (TPSA) is 113 Å². The highest BCUT2D eigenvalue weighted by Crippen LogP contribution is 2.38. The van der Waals surface area contributed by atoms with E-state index in [2.05, 4.69) is 25.9 Å². The van der Waals surface area contributed by atoms with Gasteiger partial charge < -0.3 is 10.1 Å². The molecular formula is C33H34F2N6O3. The molecule has 1 aliphatic rings. The van der Waals surface area contributed by atoms with Gasteiger partial charge in [-0.2, -0.15) is 5.21 Å². The summed E-state index contributed by atoms with van der Waals surface area (Å²) in [5.41, 5.74) is 2.43. The molecule has 1 aliphatic heterocycles. The summed E-state index contributed by atoms with van der Waals surface area (Å²) in [6.07, 6.45) is 1.28. The van der Waals surface area contributed by atoms with Crippen molar-refractivity contribution in [1.29, 1.82) is 0 Å². The average Bonchev–Trinajstić information content (AvgIpc) is 3.55. The number of H-pyrrole nitrogens is 1. The van der Waals surface area contributed by atoms with Crippen LogP contribution in [0.25, 0.3) is 5.57 Å². The maximum Gasteiger partial charge on any atom is 0.261 e. The molecule has 2 atom stereocenters. The van der Waals surface area contributed by atoms with Gasteiger partial charge in [-0.25, -0.2) is 8.78 Å². The average molecular weight is 601 g/mol. The number of ether oxygens (including phenoxy) is 1. The monoisotopic (exact) mass is 600 g/mol. The number of aryl methyl sites for hydroxylation is 2. The molecule has 0 fully saturated rings. The lowest BCUT2D eigenvalue weighted by Gasteiger charge is -2.36. The number of nitrogens with zero attached hydrogens (tertiary/aromatic N) is 4. The smallest absolute Gasteiger partial charge is 0.261 e. The summed E-state index contributed by atoms with van der Waals surface area (Å²) >= 11 is 0. The van der Waals surface area contributed by atoms with Gasteiger partial charge in [0.1, 0.15) is 5.82 Å². The summed E-state index contributed by atoms with van der Waals surface area (Å²) in [5, 5.41) is 17.4. The summed E-state index contributed by atoms with van der Waals surface area (Å²) in [5.74, 6) is -2.54. The molecule has 5 rings (SSSR count). The lowest BCUT2D eigenvalue weighted by molar-refractivity contribution is -0.145. The Kier molecular flexibility index (Phi) is 9.54. The SMILES string of the molecule is COc1cccc(C2=C(C)C(Cc3c(C)cccc3F)C(=O)N(CC(NCCCc3nn[nH]n3)c3ccccc3)C2=O)c1F. The molecule has 0 radical (unpaired) electrons. The van der Waals surface area contributed by atoms with E-state index in [1.54, 1.807) is 32.0 Å². The summed E-state index contributed by atoms with van der Waals surface area (Å²) < 4.78 is 35.9. The first kappa shape index (κ1) is 30.7. The minimum absolute atomic E-state index is 0.0149. The predicted molar refractivity (Wildman–Crippen MR) is 160 cm³/mol. The molecule has 0 saturated carbocycles. The fraction of sp³-hybridized carbons (Fsp3) is 0.303. The van der Waals surface area contributed by atoms with Gasteiger partial charge in [0.05, 0.1) is 24.6 Å². The number of tetrazole rings is 1. The molecule has 2 unspecified atom stereocenters. The van der Waals surface area contributed by atoms with E-state index in [4.69, 9.17) is 4.74 Å². The van der Waals surface area contributed by atoms with Crippen molar-refractivity contribution < 1.29 is 23.1 Å². The molecule has 3 aromatic carbocycles. The fourth-order valence-corrected chi connectivity index (χ4v) is 5.65. The van der Waals surface area contributed by atoms with Gasteiger partial charge >= 0.3 is 0 Å². The Hall–Kier alpha value is -4.77. The Labute approximate surface area is 254 Å². The number of nitrogens with one attached hydrogen (secondary N) is 2. The van der Waals surface area contributed by atoms with Gasteiger partial charge in [-0.1, -0.05) is 59.8 Å². The van der Waals surface area contributed by atoms with E-state index in [0.717, 1.165) is 5.56 Å². The minimum Gasteiger partial charge on any atom is -0.494 e. The van der Waals surface area contributed by atoms with E-state index in [1.165, 1.54) is 30.2 Å². The highest BCUT2D eigenvalue weighted by Gasteiger charge is 2.41. The number of aromatic nitrogens is 4. The third-order valence-electron chi connectivity index (χ3n) is 8.08. The number of benzene rings is 3. The van der Waals surface area contributed by atoms with Gasteiger partial charge in [-0.05, 0) is 67.6 Å². The first-order chi connectivity index (χ1) is 21.3. The number of amides is 2. The molecule has 0 aliphatic carbocycles. The van der Waals surface area contributed by atoms with Crippen LogP contribution in [0, 0.1) is 24.5 Å². The summed E-state index contributed by atoms with van der Waals surface area (Å²) in [6.45, 7) is 3.95. The van der Waals surface area contributed by atoms with Crippen LogP contribution in [0.5, 0.6) is 5.75 Å². The van der Waals surface area contributed by atoms with Gasteiger partial charge in [0.2, 0.25) is 5.91 Å². The molecule has 0 saturated heterocycles. The summed E-state index contributed by atoms with van der Waals surface area (Å²) in [4.78, 5) is 29.6. The van der Waals surface area contributed by atoms with Crippen molar-refractivity contribution in [3.8, 4) is 5.75 Å².